The number of hydrogen-bond acceptors (Lipinski definition) is 4. The van der Waals surface area contributed by atoms with Crippen LogP contribution in [0.5, 0.6) is 0 Å². The van der Waals surface area contributed by atoms with E-state index in [4.69, 9.17) is 10.9 Å². The predicted molar refractivity (Wildman–Crippen MR) is 77.7 cm³/mol. The third-order valence-corrected chi connectivity index (χ3v) is 4.70. The number of nitrogens with zero attached hydrogens (tertiary/aromatic N) is 2. The molecule has 1 aliphatic carbocycles. The van der Waals surface area contributed by atoms with E-state index < -0.39 is 5.41 Å². The molecule has 0 aromatic rings. The second kappa shape index (κ2) is 6.32. The lowest BCUT2D eigenvalue weighted by Crippen LogP contribution is -2.56. The molecular weight excluding hydrogens is 272 g/mol. The fourth-order valence-corrected chi connectivity index (χ4v) is 3.30. The first-order valence-electron chi connectivity index (χ1n) is 7.52. The van der Waals surface area contributed by atoms with Gasteiger partial charge in [0, 0.05) is 26.1 Å². The van der Waals surface area contributed by atoms with Gasteiger partial charge >= 0.3 is 0 Å². The number of rotatable bonds is 3. The van der Waals surface area contributed by atoms with Crippen LogP contribution in [0.1, 0.15) is 44.9 Å². The summed E-state index contributed by atoms with van der Waals surface area (Å²) in [4.78, 5) is 25.8. The number of hydrogen-bond donors (Lipinski definition) is 3. The highest BCUT2D eigenvalue weighted by Crippen LogP contribution is 2.37. The van der Waals surface area contributed by atoms with Crippen LogP contribution in [0.3, 0.4) is 0 Å². The topological polar surface area (TPSA) is 108 Å². The van der Waals surface area contributed by atoms with Crippen LogP contribution in [-0.4, -0.2) is 47.4 Å². The molecule has 0 bridgehead atoms. The summed E-state index contributed by atoms with van der Waals surface area (Å²) in [7, 11) is 1.74. The first-order valence-corrected chi connectivity index (χ1v) is 7.52. The second-order valence-electron chi connectivity index (χ2n) is 6.11. The number of piperidine rings is 1. The fraction of sp³-hybridized carbons (Fsp3) is 0.786. The Morgan fingerprint density at radius 2 is 2.10 bits per heavy atom. The van der Waals surface area contributed by atoms with E-state index in [9.17, 15) is 9.59 Å². The van der Waals surface area contributed by atoms with Crippen molar-refractivity contribution >= 4 is 17.6 Å². The van der Waals surface area contributed by atoms with Crippen LogP contribution < -0.4 is 11.1 Å². The van der Waals surface area contributed by atoms with Gasteiger partial charge in [0.05, 0.1) is 0 Å². The van der Waals surface area contributed by atoms with Crippen molar-refractivity contribution in [3.8, 4) is 0 Å². The summed E-state index contributed by atoms with van der Waals surface area (Å²) in [5, 5.41) is 15.1. The number of carbonyl (C=O) groups excluding carboxylic acids is 2. The average molecular weight is 296 g/mol. The molecule has 0 aromatic heterocycles. The van der Waals surface area contributed by atoms with Gasteiger partial charge in [0.25, 0.3) is 0 Å². The molecule has 21 heavy (non-hydrogen) atoms. The third-order valence-electron chi connectivity index (χ3n) is 4.70. The minimum atomic E-state index is -0.896. The zero-order valence-electron chi connectivity index (χ0n) is 12.5. The van der Waals surface area contributed by atoms with Gasteiger partial charge in [-0.25, -0.2) is 0 Å². The number of amides is 2. The zero-order valence-corrected chi connectivity index (χ0v) is 12.5. The van der Waals surface area contributed by atoms with Crippen LogP contribution in [0, 0.1) is 5.41 Å². The summed E-state index contributed by atoms with van der Waals surface area (Å²) in [5.74, 6) is -0.0745. The van der Waals surface area contributed by atoms with Crippen LogP contribution in [0.4, 0.5) is 0 Å². The van der Waals surface area contributed by atoms with Gasteiger partial charge in [0.15, 0.2) is 5.84 Å². The fourth-order valence-electron chi connectivity index (χ4n) is 3.30. The molecule has 7 nitrogen and oxygen atoms in total. The molecule has 7 heteroatoms. The highest BCUT2D eigenvalue weighted by atomic mass is 16.4. The van der Waals surface area contributed by atoms with Gasteiger partial charge in [-0.1, -0.05) is 24.4 Å². The molecule has 2 amide bonds. The van der Waals surface area contributed by atoms with Crippen molar-refractivity contribution in [2.75, 3.05) is 13.6 Å². The number of likely N-dealkylation sites (tertiary alicyclic amines) is 1. The van der Waals surface area contributed by atoms with Gasteiger partial charge in [-0.2, -0.15) is 0 Å². The van der Waals surface area contributed by atoms with E-state index in [0.29, 0.717) is 32.2 Å². The molecule has 1 saturated carbocycles. The Morgan fingerprint density at radius 1 is 1.43 bits per heavy atom. The molecule has 4 N–H and O–H groups in total. The maximum absolute atomic E-state index is 12.7. The number of likely N-dealkylation sites (N-methyl/N-ethyl adjacent to an activating group) is 1. The Kier molecular flexibility index (Phi) is 4.69. The lowest BCUT2D eigenvalue weighted by molar-refractivity contribution is -0.135. The Morgan fingerprint density at radius 3 is 2.67 bits per heavy atom. The highest BCUT2D eigenvalue weighted by Gasteiger charge is 2.44. The van der Waals surface area contributed by atoms with E-state index in [1.165, 1.54) is 0 Å². The van der Waals surface area contributed by atoms with Crippen LogP contribution in [-0.2, 0) is 9.59 Å². The molecule has 1 saturated heterocycles. The quantitative estimate of drug-likeness (QED) is 0.303. The van der Waals surface area contributed by atoms with Crippen molar-refractivity contribution in [3.05, 3.63) is 0 Å². The predicted octanol–water partition coefficient (Wildman–Crippen LogP) is 0.420. The molecular formula is C14H24N4O3. The first-order chi connectivity index (χ1) is 9.99. The number of oxime groups is 1. The van der Waals surface area contributed by atoms with Crippen molar-refractivity contribution in [1.29, 1.82) is 0 Å². The number of amidine groups is 1. The summed E-state index contributed by atoms with van der Waals surface area (Å²) in [6, 6.07) is -0.0644. The summed E-state index contributed by atoms with van der Waals surface area (Å²) in [6.45, 7) is 0.511. The molecule has 2 fully saturated rings. The van der Waals surface area contributed by atoms with Crippen LogP contribution in [0.15, 0.2) is 5.16 Å². The number of nitrogens with two attached hydrogens (primary N) is 1. The van der Waals surface area contributed by atoms with Crippen molar-refractivity contribution < 1.29 is 14.8 Å². The van der Waals surface area contributed by atoms with Crippen molar-refractivity contribution in [2.24, 2.45) is 16.3 Å². The standard InChI is InChI=1S/C14H24N4O3/c1-18-9-10(5-6-11(18)19)16-13(20)14(12(15)17-21)7-3-2-4-8-14/h10,21H,2-9H2,1H3,(H2,15,17)(H,16,20). The largest absolute Gasteiger partial charge is 0.409 e. The first kappa shape index (κ1) is 15.6. The van der Waals surface area contributed by atoms with Crippen molar-refractivity contribution in [2.45, 2.75) is 51.0 Å². The van der Waals surface area contributed by atoms with E-state index in [-0.39, 0.29) is 23.7 Å². The monoisotopic (exact) mass is 296 g/mol. The van der Waals surface area contributed by atoms with E-state index in [1.54, 1.807) is 11.9 Å². The van der Waals surface area contributed by atoms with Crippen molar-refractivity contribution in [1.82, 2.24) is 10.2 Å². The molecule has 2 rings (SSSR count). The average Bonchev–Trinajstić information content (AvgIpc) is 2.50. The summed E-state index contributed by atoms with van der Waals surface area (Å²) in [5.41, 5.74) is 4.92. The molecule has 0 spiro atoms. The normalized spacial score (nSPS) is 26.5. The Balaban J connectivity index is 2.07. The molecule has 118 valence electrons. The summed E-state index contributed by atoms with van der Waals surface area (Å²) < 4.78 is 0. The maximum atomic E-state index is 12.7. The third kappa shape index (κ3) is 3.11. The lowest BCUT2D eigenvalue weighted by atomic mass is 9.72. The van der Waals surface area contributed by atoms with Gasteiger partial charge in [-0.15, -0.1) is 0 Å². The lowest BCUT2D eigenvalue weighted by Gasteiger charge is -2.37. The number of carbonyl (C=O) groups is 2. The Labute approximate surface area is 124 Å². The Bertz CT molecular complexity index is 444. The van der Waals surface area contributed by atoms with Gasteiger partial charge in [-0.05, 0) is 19.3 Å². The molecule has 1 unspecified atom stereocenters. The van der Waals surface area contributed by atoms with Crippen LogP contribution in [0.25, 0.3) is 0 Å². The minimum absolute atomic E-state index is 0.0000552. The summed E-state index contributed by atoms with van der Waals surface area (Å²) >= 11 is 0. The minimum Gasteiger partial charge on any atom is -0.409 e. The zero-order chi connectivity index (χ0) is 15.5. The smallest absolute Gasteiger partial charge is 0.234 e. The summed E-state index contributed by atoms with van der Waals surface area (Å²) in [6.07, 6.45) is 5.15. The van der Waals surface area contributed by atoms with Gasteiger partial charge in [0.2, 0.25) is 11.8 Å². The molecule has 0 radical (unpaired) electrons. The molecule has 0 aromatic carbocycles. The van der Waals surface area contributed by atoms with Gasteiger partial charge < -0.3 is 21.2 Å². The Hall–Kier alpha value is -1.79. The van der Waals surface area contributed by atoms with E-state index in [1.807, 2.05) is 0 Å². The molecule has 1 atom stereocenters. The SMILES string of the molecule is CN1CC(NC(=O)C2(C(N)=NO)CCCCC2)CCC1=O. The number of nitrogens with one attached hydrogen (secondary N) is 1. The van der Waals surface area contributed by atoms with Crippen LogP contribution >= 0.6 is 0 Å². The van der Waals surface area contributed by atoms with Gasteiger partial charge in [0.1, 0.15) is 5.41 Å². The van der Waals surface area contributed by atoms with Gasteiger partial charge in [-0.3, -0.25) is 9.59 Å². The second-order valence-corrected chi connectivity index (χ2v) is 6.11. The molecule has 1 heterocycles. The highest BCUT2D eigenvalue weighted by molar-refractivity contribution is 6.07. The van der Waals surface area contributed by atoms with E-state index in [0.717, 1.165) is 19.3 Å². The maximum Gasteiger partial charge on any atom is 0.234 e. The molecule has 1 aliphatic heterocycles. The van der Waals surface area contributed by atoms with Crippen molar-refractivity contribution in [3.63, 3.8) is 0 Å². The van der Waals surface area contributed by atoms with Crippen LogP contribution in [0.2, 0.25) is 0 Å². The molecule has 2 aliphatic rings. The van der Waals surface area contributed by atoms with E-state index >= 15 is 0 Å². The van der Waals surface area contributed by atoms with E-state index in [2.05, 4.69) is 10.5 Å².